The number of amides is 1. The van der Waals surface area contributed by atoms with Gasteiger partial charge in [0.2, 0.25) is 5.91 Å². The predicted molar refractivity (Wildman–Crippen MR) is 124 cm³/mol. The van der Waals surface area contributed by atoms with E-state index in [0.29, 0.717) is 11.5 Å². The molecule has 1 N–H and O–H groups in total. The Morgan fingerprint density at radius 1 is 0.871 bits per heavy atom. The van der Waals surface area contributed by atoms with E-state index in [2.05, 4.69) is 10.3 Å². The molecule has 160 valence electrons. The molecule has 0 saturated heterocycles. The van der Waals surface area contributed by atoms with Gasteiger partial charge >= 0.3 is 0 Å². The van der Waals surface area contributed by atoms with Crippen LogP contribution < -0.4 is 5.32 Å². The third-order valence-electron chi connectivity index (χ3n) is 4.48. The summed E-state index contributed by atoms with van der Waals surface area (Å²) in [7, 11) is -3.60. The van der Waals surface area contributed by atoms with E-state index in [1.807, 2.05) is 60.7 Å². The fourth-order valence-electron chi connectivity index (χ4n) is 2.78. The molecule has 0 unspecified atom stereocenters. The highest BCUT2D eigenvalue weighted by Gasteiger charge is 2.25. The summed E-state index contributed by atoms with van der Waals surface area (Å²) >= 11 is 0. The van der Waals surface area contributed by atoms with Crippen molar-refractivity contribution in [2.24, 2.45) is 10.4 Å². The zero-order chi connectivity index (χ0) is 22.6. The fraction of sp³-hybridized carbons (Fsp3) is 0.208. The average molecular weight is 436 g/mol. The lowest BCUT2D eigenvalue weighted by molar-refractivity contribution is -0.123. The van der Waals surface area contributed by atoms with Gasteiger partial charge in [-0.05, 0) is 12.1 Å². The molecule has 0 radical (unpaired) electrons. The number of hydrogen-bond donors (Lipinski definition) is 1. The maximum absolute atomic E-state index is 12.5. The zero-order valence-corrected chi connectivity index (χ0v) is 18.8. The van der Waals surface area contributed by atoms with Crippen molar-refractivity contribution in [3.63, 3.8) is 0 Å². The molecule has 31 heavy (non-hydrogen) atoms. The first kappa shape index (κ1) is 22.4. The number of carbonyl (C=O) groups is 1. The van der Waals surface area contributed by atoms with Crippen LogP contribution in [0.1, 0.15) is 31.9 Å². The van der Waals surface area contributed by atoms with Crippen molar-refractivity contribution in [3.05, 3.63) is 83.9 Å². The van der Waals surface area contributed by atoms with Gasteiger partial charge in [0.25, 0.3) is 0 Å². The number of hydrogen-bond acceptors (Lipinski definition) is 5. The van der Waals surface area contributed by atoms with Crippen LogP contribution in [0.15, 0.2) is 82.7 Å². The molecule has 0 bridgehead atoms. The van der Waals surface area contributed by atoms with Crippen LogP contribution in [0.3, 0.4) is 0 Å². The van der Waals surface area contributed by atoms with Gasteiger partial charge in [0.15, 0.2) is 21.5 Å². The molecule has 6 nitrogen and oxygen atoms in total. The second-order valence-electron chi connectivity index (χ2n) is 8.18. The molecular formula is C24H25N3O3S. The van der Waals surface area contributed by atoms with Crippen LogP contribution >= 0.6 is 0 Å². The predicted octanol–water partition coefficient (Wildman–Crippen LogP) is 4.64. The minimum Gasteiger partial charge on any atom is -0.309 e. The number of nitrogens with one attached hydrogen (secondary N) is 1. The van der Waals surface area contributed by atoms with Crippen LogP contribution in [-0.4, -0.2) is 31.3 Å². The second-order valence-corrected chi connectivity index (χ2v) is 10.2. The van der Waals surface area contributed by atoms with Crippen LogP contribution in [0.4, 0.5) is 11.6 Å². The molecule has 7 heteroatoms. The Hall–Kier alpha value is -3.32. The molecule has 0 spiro atoms. The zero-order valence-electron chi connectivity index (χ0n) is 18.0. The van der Waals surface area contributed by atoms with E-state index in [9.17, 15) is 13.2 Å². The van der Waals surface area contributed by atoms with Crippen molar-refractivity contribution in [3.8, 4) is 0 Å². The first-order chi connectivity index (χ1) is 14.6. The summed E-state index contributed by atoms with van der Waals surface area (Å²) in [6, 6.07) is 22.3. The molecule has 2 aromatic carbocycles. The molecule has 3 rings (SSSR count). The van der Waals surface area contributed by atoms with Crippen LogP contribution in [0.5, 0.6) is 0 Å². The SMILES string of the molecule is CC(C)(C)C(=O)Nc1nc(N=C(c2ccccc2)c2ccccc2)ccc1S(C)(=O)=O. The quantitative estimate of drug-likeness (QED) is 0.592. The van der Waals surface area contributed by atoms with Crippen molar-refractivity contribution >= 4 is 33.1 Å². The maximum atomic E-state index is 12.5. The first-order valence-corrected chi connectivity index (χ1v) is 11.7. The normalized spacial score (nSPS) is 11.6. The average Bonchev–Trinajstić information content (AvgIpc) is 2.72. The molecular weight excluding hydrogens is 410 g/mol. The highest BCUT2D eigenvalue weighted by molar-refractivity contribution is 7.90. The maximum Gasteiger partial charge on any atom is 0.230 e. The largest absolute Gasteiger partial charge is 0.309 e. The van der Waals surface area contributed by atoms with Gasteiger partial charge in [-0.2, -0.15) is 0 Å². The van der Waals surface area contributed by atoms with Gasteiger partial charge in [-0.3, -0.25) is 4.79 Å². The summed E-state index contributed by atoms with van der Waals surface area (Å²) < 4.78 is 24.5. The minimum atomic E-state index is -3.60. The summed E-state index contributed by atoms with van der Waals surface area (Å²) in [5.41, 5.74) is 1.76. The number of anilines is 1. The Morgan fingerprint density at radius 2 is 1.39 bits per heavy atom. The lowest BCUT2D eigenvalue weighted by Gasteiger charge is -2.18. The van der Waals surface area contributed by atoms with Gasteiger partial charge in [-0.15, -0.1) is 0 Å². The smallest absolute Gasteiger partial charge is 0.230 e. The molecule has 3 aromatic rings. The van der Waals surface area contributed by atoms with E-state index in [0.717, 1.165) is 17.4 Å². The Labute approximate surface area is 183 Å². The van der Waals surface area contributed by atoms with Crippen molar-refractivity contribution in [2.45, 2.75) is 25.7 Å². The van der Waals surface area contributed by atoms with Crippen LogP contribution in [0.2, 0.25) is 0 Å². The molecule has 1 aromatic heterocycles. The lowest BCUT2D eigenvalue weighted by atomic mass is 9.96. The van der Waals surface area contributed by atoms with E-state index in [1.165, 1.54) is 12.1 Å². The number of sulfone groups is 1. The van der Waals surface area contributed by atoms with Gasteiger partial charge < -0.3 is 5.32 Å². The number of aromatic nitrogens is 1. The third-order valence-corrected chi connectivity index (χ3v) is 5.61. The summed E-state index contributed by atoms with van der Waals surface area (Å²) in [5, 5.41) is 2.65. The summed E-state index contributed by atoms with van der Waals surface area (Å²) in [6.45, 7) is 5.23. The molecule has 1 amide bonds. The van der Waals surface area contributed by atoms with Crippen molar-refractivity contribution < 1.29 is 13.2 Å². The molecule has 0 fully saturated rings. The molecule has 0 atom stereocenters. The summed E-state index contributed by atoms with van der Waals surface area (Å²) in [5.74, 6) is -0.0687. The monoisotopic (exact) mass is 435 g/mol. The molecule has 0 aliphatic heterocycles. The van der Waals surface area contributed by atoms with Gasteiger partial charge in [-0.25, -0.2) is 18.4 Å². The van der Waals surface area contributed by atoms with Crippen molar-refractivity contribution in [1.29, 1.82) is 0 Å². The second kappa shape index (κ2) is 8.81. The van der Waals surface area contributed by atoms with Gasteiger partial charge in [-0.1, -0.05) is 81.4 Å². The third kappa shape index (κ3) is 5.64. The van der Waals surface area contributed by atoms with Crippen LogP contribution in [0, 0.1) is 5.41 Å². The highest BCUT2D eigenvalue weighted by Crippen LogP contribution is 2.26. The number of rotatable bonds is 5. The Morgan fingerprint density at radius 3 is 1.84 bits per heavy atom. The number of carbonyl (C=O) groups excluding carboxylic acids is 1. The van der Waals surface area contributed by atoms with Crippen molar-refractivity contribution in [1.82, 2.24) is 4.98 Å². The Kier molecular flexibility index (Phi) is 6.36. The van der Waals surface area contributed by atoms with E-state index in [-0.39, 0.29) is 16.6 Å². The topological polar surface area (TPSA) is 88.5 Å². The minimum absolute atomic E-state index is 0.0239. The van der Waals surface area contributed by atoms with E-state index >= 15 is 0 Å². The van der Waals surface area contributed by atoms with E-state index in [4.69, 9.17) is 4.99 Å². The molecule has 1 heterocycles. The summed E-state index contributed by atoms with van der Waals surface area (Å²) in [4.78, 5) is 21.6. The first-order valence-electron chi connectivity index (χ1n) is 9.78. The van der Waals surface area contributed by atoms with Crippen LogP contribution in [-0.2, 0) is 14.6 Å². The molecule has 0 aliphatic rings. The van der Waals surface area contributed by atoms with Gasteiger partial charge in [0.05, 0.1) is 5.71 Å². The Bertz CT molecular complexity index is 1170. The van der Waals surface area contributed by atoms with E-state index in [1.54, 1.807) is 20.8 Å². The molecule has 0 saturated carbocycles. The lowest BCUT2D eigenvalue weighted by Crippen LogP contribution is -2.28. The number of benzene rings is 2. The van der Waals surface area contributed by atoms with Gasteiger partial charge in [0.1, 0.15) is 4.90 Å². The Balaban J connectivity index is 2.15. The van der Waals surface area contributed by atoms with Crippen molar-refractivity contribution in [2.75, 3.05) is 11.6 Å². The fourth-order valence-corrected chi connectivity index (χ4v) is 3.55. The van der Waals surface area contributed by atoms with Gasteiger partial charge in [0, 0.05) is 22.8 Å². The number of aliphatic imine (C=N–C) groups is 1. The standard InChI is InChI=1S/C24H25N3O3S/c1-24(2,3)23(28)27-22-19(31(4,29)30)15-16-20(26-22)25-21(17-11-7-5-8-12-17)18-13-9-6-10-14-18/h5-16H,1-4H3,(H,26,27,28). The number of pyridine rings is 1. The van der Waals surface area contributed by atoms with Crippen LogP contribution in [0.25, 0.3) is 0 Å². The summed E-state index contributed by atoms with van der Waals surface area (Å²) in [6.07, 6.45) is 1.08. The van der Waals surface area contributed by atoms with E-state index < -0.39 is 15.3 Å². The highest BCUT2D eigenvalue weighted by atomic mass is 32.2. The molecule has 0 aliphatic carbocycles. The number of nitrogens with zero attached hydrogens (tertiary/aromatic N) is 2.